The van der Waals surface area contributed by atoms with Crippen LogP contribution < -0.4 is 20.5 Å². The maximum Gasteiger partial charge on any atom is 0.348 e. The van der Waals surface area contributed by atoms with Crippen molar-refractivity contribution >= 4 is 5.91 Å². The molecule has 0 unspecified atom stereocenters. The van der Waals surface area contributed by atoms with Gasteiger partial charge < -0.3 is 14.8 Å². The van der Waals surface area contributed by atoms with Crippen LogP contribution in [0.4, 0.5) is 0 Å². The second-order valence-electron chi connectivity index (χ2n) is 6.01. The average Bonchev–Trinajstić information content (AvgIpc) is 3.03. The molecule has 3 rings (SSSR count). The van der Waals surface area contributed by atoms with E-state index in [1.807, 2.05) is 31.2 Å². The van der Waals surface area contributed by atoms with Gasteiger partial charge in [0, 0.05) is 30.9 Å². The average molecular weight is 343 g/mol. The van der Waals surface area contributed by atoms with Crippen molar-refractivity contribution in [3.05, 3.63) is 51.7 Å². The molecular formula is C18H21N3O4. The molecule has 0 aliphatic carbocycles. The van der Waals surface area contributed by atoms with Gasteiger partial charge in [0.25, 0.3) is 0 Å². The highest BCUT2D eigenvalue weighted by Gasteiger charge is 2.13. The van der Waals surface area contributed by atoms with Crippen LogP contribution in [-0.2, 0) is 17.8 Å². The van der Waals surface area contributed by atoms with Gasteiger partial charge in [0.05, 0.1) is 0 Å². The standard InChI is InChI=1S/C18H21N3O4/c1-12-9-13(2)21(18(23)20-12)8-7-19-17(22)6-4-14-3-5-15-16(10-14)25-11-24-15/h3,5,9-10H,4,6-8,11H2,1-2H3,(H,19,22). The minimum absolute atomic E-state index is 0.0524. The smallest absolute Gasteiger partial charge is 0.348 e. The molecule has 7 nitrogen and oxygen atoms in total. The van der Waals surface area contributed by atoms with E-state index in [0.29, 0.717) is 31.6 Å². The van der Waals surface area contributed by atoms with Gasteiger partial charge >= 0.3 is 5.69 Å². The van der Waals surface area contributed by atoms with E-state index in [4.69, 9.17) is 9.47 Å². The lowest BCUT2D eigenvalue weighted by Gasteiger charge is -2.10. The third-order valence-corrected chi connectivity index (χ3v) is 4.08. The van der Waals surface area contributed by atoms with Crippen LogP contribution >= 0.6 is 0 Å². The summed E-state index contributed by atoms with van der Waals surface area (Å²) in [5.74, 6) is 1.41. The normalized spacial score (nSPS) is 12.2. The number of amides is 1. The Bertz CT molecular complexity index is 845. The van der Waals surface area contributed by atoms with Gasteiger partial charge in [-0.25, -0.2) is 4.79 Å². The number of carbonyl (C=O) groups excluding carboxylic acids is 1. The Morgan fingerprint density at radius 2 is 2.04 bits per heavy atom. The summed E-state index contributed by atoms with van der Waals surface area (Å²) in [7, 11) is 0. The molecule has 0 saturated carbocycles. The van der Waals surface area contributed by atoms with E-state index in [2.05, 4.69) is 10.3 Å². The third kappa shape index (κ3) is 4.17. The molecule has 1 N–H and O–H groups in total. The van der Waals surface area contributed by atoms with Crippen molar-refractivity contribution in [1.29, 1.82) is 0 Å². The van der Waals surface area contributed by atoms with Gasteiger partial charge in [-0.2, -0.15) is 4.98 Å². The number of nitrogens with one attached hydrogen (secondary N) is 1. The summed E-state index contributed by atoms with van der Waals surface area (Å²) in [6.07, 6.45) is 0.993. The van der Waals surface area contributed by atoms with E-state index in [-0.39, 0.29) is 18.4 Å². The minimum Gasteiger partial charge on any atom is -0.454 e. The molecule has 7 heteroatoms. The van der Waals surface area contributed by atoms with Crippen LogP contribution in [0.2, 0.25) is 0 Å². The predicted octanol–water partition coefficient (Wildman–Crippen LogP) is 1.34. The lowest BCUT2D eigenvalue weighted by Crippen LogP contribution is -2.33. The molecule has 1 aliphatic heterocycles. The molecule has 1 aliphatic rings. The molecule has 1 aromatic carbocycles. The Hall–Kier alpha value is -2.83. The fourth-order valence-corrected chi connectivity index (χ4v) is 2.80. The monoisotopic (exact) mass is 343 g/mol. The van der Waals surface area contributed by atoms with Crippen molar-refractivity contribution in [2.24, 2.45) is 0 Å². The van der Waals surface area contributed by atoms with Crippen LogP contribution in [0.25, 0.3) is 0 Å². The van der Waals surface area contributed by atoms with Crippen molar-refractivity contribution in [2.75, 3.05) is 13.3 Å². The molecule has 132 valence electrons. The first-order valence-corrected chi connectivity index (χ1v) is 8.23. The summed E-state index contributed by atoms with van der Waals surface area (Å²) in [4.78, 5) is 27.8. The van der Waals surface area contributed by atoms with Gasteiger partial charge in [0.15, 0.2) is 11.5 Å². The summed E-state index contributed by atoms with van der Waals surface area (Å²) in [6.45, 7) is 4.69. The zero-order valence-electron chi connectivity index (χ0n) is 14.4. The summed E-state index contributed by atoms with van der Waals surface area (Å²) in [5, 5.41) is 2.84. The van der Waals surface area contributed by atoms with Crippen LogP contribution in [0.1, 0.15) is 23.4 Å². The number of fused-ring (bicyclic) bond motifs is 1. The maximum atomic E-state index is 12.0. The molecule has 1 aromatic heterocycles. The highest BCUT2D eigenvalue weighted by molar-refractivity contribution is 5.76. The lowest BCUT2D eigenvalue weighted by atomic mass is 10.1. The van der Waals surface area contributed by atoms with Crippen molar-refractivity contribution in [2.45, 2.75) is 33.2 Å². The molecule has 0 radical (unpaired) electrons. The van der Waals surface area contributed by atoms with Gasteiger partial charge in [-0.1, -0.05) is 6.07 Å². The van der Waals surface area contributed by atoms with Gasteiger partial charge in [0.1, 0.15) is 0 Å². The first kappa shape index (κ1) is 17.0. The number of rotatable bonds is 6. The minimum atomic E-state index is -0.285. The molecule has 0 spiro atoms. The van der Waals surface area contributed by atoms with Crippen molar-refractivity contribution in [3.63, 3.8) is 0 Å². The topological polar surface area (TPSA) is 82.5 Å². The summed E-state index contributed by atoms with van der Waals surface area (Å²) < 4.78 is 12.2. The Labute approximate surface area is 145 Å². The number of carbonyl (C=O) groups is 1. The number of aromatic nitrogens is 2. The molecule has 2 heterocycles. The first-order chi connectivity index (χ1) is 12.0. The maximum absolute atomic E-state index is 12.0. The van der Waals surface area contributed by atoms with Crippen molar-refractivity contribution < 1.29 is 14.3 Å². The molecule has 25 heavy (non-hydrogen) atoms. The number of benzene rings is 1. The number of hydrogen-bond acceptors (Lipinski definition) is 5. The Kier molecular flexibility index (Phi) is 5.02. The fourth-order valence-electron chi connectivity index (χ4n) is 2.80. The lowest BCUT2D eigenvalue weighted by molar-refractivity contribution is -0.121. The SMILES string of the molecule is Cc1cc(C)n(CCNC(=O)CCc2ccc3c(c2)OCO3)c(=O)n1. The van der Waals surface area contributed by atoms with E-state index in [0.717, 1.165) is 22.8 Å². The van der Waals surface area contributed by atoms with E-state index in [1.54, 1.807) is 11.5 Å². The van der Waals surface area contributed by atoms with Crippen LogP contribution in [-0.4, -0.2) is 28.8 Å². The zero-order valence-corrected chi connectivity index (χ0v) is 14.4. The second-order valence-corrected chi connectivity index (χ2v) is 6.01. The Morgan fingerprint density at radius 1 is 1.24 bits per heavy atom. The second kappa shape index (κ2) is 7.38. The van der Waals surface area contributed by atoms with Crippen molar-refractivity contribution in [1.82, 2.24) is 14.9 Å². The number of nitrogens with zero attached hydrogens (tertiary/aromatic N) is 2. The van der Waals surface area contributed by atoms with Crippen LogP contribution in [0.15, 0.2) is 29.1 Å². The summed E-state index contributed by atoms with van der Waals surface area (Å²) >= 11 is 0. The molecule has 0 atom stereocenters. The van der Waals surface area contributed by atoms with Gasteiger partial charge in [0.2, 0.25) is 12.7 Å². The first-order valence-electron chi connectivity index (χ1n) is 8.23. The molecule has 0 saturated heterocycles. The number of aryl methyl sites for hydroxylation is 3. The van der Waals surface area contributed by atoms with Gasteiger partial charge in [-0.15, -0.1) is 0 Å². The Morgan fingerprint density at radius 3 is 2.84 bits per heavy atom. The predicted molar refractivity (Wildman–Crippen MR) is 91.9 cm³/mol. The third-order valence-electron chi connectivity index (χ3n) is 4.08. The molecule has 1 amide bonds. The summed E-state index contributed by atoms with van der Waals surface area (Å²) in [6, 6.07) is 7.54. The number of hydrogen-bond donors (Lipinski definition) is 1. The zero-order chi connectivity index (χ0) is 17.8. The molecule has 0 bridgehead atoms. The van der Waals surface area contributed by atoms with Gasteiger partial charge in [-0.05, 0) is 44.0 Å². The Balaban J connectivity index is 1.46. The van der Waals surface area contributed by atoms with Crippen LogP contribution in [0.3, 0.4) is 0 Å². The molecule has 0 fully saturated rings. The quantitative estimate of drug-likeness (QED) is 0.856. The van der Waals surface area contributed by atoms with Crippen LogP contribution in [0.5, 0.6) is 11.5 Å². The highest BCUT2D eigenvalue weighted by atomic mass is 16.7. The highest BCUT2D eigenvalue weighted by Crippen LogP contribution is 2.32. The number of ether oxygens (including phenoxy) is 2. The van der Waals surface area contributed by atoms with Crippen LogP contribution in [0, 0.1) is 13.8 Å². The van der Waals surface area contributed by atoms with E-state index >= 15 is 0 Å². The van der Waals surface area contributed by atoms with E-state index in [9.17, 15) is 9.59 Å². The van der Waals surface area contributed by atoms with E-state index in [1.165, 1.54) is 0 Å². The van der Waals surface area contributed by atoms with Crippen molar-refractivity contribution in [3.8, 4) is 11.5 Å². The summed E-state index contributed by atoms with van der Waals surface area (Å²) in [5.41, 5.74) is 2.28. The van der Waals surface area contributed by atoms with Gasteiger partial charge in [-0.3, -0.25) is 9.36 Å². The molecular weight excluding hydrogens is 322 g/mol. The molecule has 2 aromatic rings. The fraction of sp³-hybridized carbons (Fsp3) is 0.389. The van der Waals surface area contributed by atoms with E-state index < -0.39 is 0 Å². The largest absolute Gasteiger partial charge is 0.454 e.